The monoisotopic (exact) mass is 390 g/mol. The summed E-state index contributed by atoms with van der Waals surface area (Å²) in [6, 6.07) is 9.56. The Balaban J connectivity index is 1.72. The number of nitrogens with one attached hydrogen (secondary N) is 1. The number of carbonyl (C=O) groups excluding carboxylic acids is 1. The van der Waals surface area contributed by atoms with Crippen LogP contribution in [0, 0.1) is 11.3 Å². The van der Waals surface area contributed by atoms with Crippen LogP contribution in [0.2, 0.25) is 0 Å². The molecule has 2 N–H and O–H groups in total. The lowest BCUT2D eigenvalue weighted by molar-refractivity contribution is 0.112. The summed E-state index contributed by atoms with van der Waals surface area (Å²) >= 11 is 0. The molecular weight excluding hydrogens is 368 g/mol. The van der Waals surface area contributed by atoms with E-state index in [0.29, 0.717) is 24.9 Å². The third-order valence-corrected chi connectivity index (χ3v) is 5.19. The molecule has 0 bridgehead atoms. The van der Waals surface area contributed by atoms with Crippen molar-refractivity contribution in [3.63, 3.8) is 0 Å². The van der Waals surface area contributed by atoms with Crippen LogP contribution in [0.5, 0.6) is 5.75 Å². The van der Waals surface area contributed by atoms with E-state index in [1.54, 1.807) is 18.3 Å². The second-order valence-corrected chi connectivity index (χ2v) is 7.56. The molecule has 2 heterocycles. The van der Waals surface area contributed by atoms with Gasteiger partial charge in [-0.05, 0) is 50.1 Å². The SMILES string of the molecule is CC(C)OC(=O)NC1Cc2c(n(Cc3ccncc3O)c3ccc(C#N)cc23)C1. The molecule has 2 aromatic heterocycles. The van der Waals surface area contributed by atoms with Gasteiger partial charge in [0.05, 0.1) is 30.5 Å². The van der Waals surface area contributed by atoms with E-state index in [1.807, 2.05) is 26.0 Å². The number of nitrogens with zero attached hydrogens (tertiary/aromatic N) is 3. The molecule has 0 saturated heterocycles. The molecule has 1 unspecified atom stereocenters. The number of amides is 1. The van der Waals surface area contributed by atoms with Crippen molar-refractivity contribution in [2.75, 3.05) is 0 Å². The smallest absolute Gasteiger partial charge is 0.407 e. The van der Waals surface area contributed by atoms with Crippen LogP contribution in [0.3, 0.4) is 0 Å². The predicted octanol–water partition coefficient (Wildman–Crippen LogP) is 3.26. The number of carbonyl (C=O) groups is 1. The Kier molecular flexibility index (Phi) is 4.85. The molecule has 3 aromatic rings. The standard InChI is InChI=1S/C22H22N4O3/c1-13(2)29-22(28)25-16-8-18-17-7-14(10-23)3-4-19(17)26(20(18)9-16)12-15-5-6-24-11-21(15)27/h3-7,11,13,16,27H,8-9,12H2,1-2H3,(H,25,28). The average molecular weight is 390 g/mol. The van der Waals surface area contributed by atoms with Gasteiger partial charge in [0.15, 0.2) is 0 Å². The molecule has 7 heteroatoms. The maximum atomic E-state index is 12.0. The first-order chi connectivity index (χ1) is 14.0. The molecule has 148 valence electrons. The second-order valence-electron chi connectivity index (χ2n) is 7.56. The average Bonchev–Trinajstić information content (AvgIpc) is 3.20. The van der Waals surface area contributed by atoms with Crippen LogP contribution in [0.25, 0.3) is 10.9 Å². The molecule has 7 nitrogen and oxygen atoms in total. The van der Waals surface area contributed by atoms with Crippen molar-refractivity contribution in [2.24, 2.45) is 0 Å². The Bertz CT molecular complexity index is 1130. The normalized spacial score (nSPS) is 15.3. The summed E-state index contributed by atoms with van der Waals surface area (Å²) in [4.78, 5) is 16.0. The van der Waals surface area contributed by atoms with E-state index < -0.39 is 6.09 Å². The van der Waals surface area contributed by atoms with Crippen molar-refractivity contribution in [3.05, 3.63) is 59.0 Å². The van der Waals surface area contributed by atoms with E-state index in [2.05, 4.69) is 20.9 Å². The van der Waals surface area contributed by atoms with E-state index in [0.717, 1.165) is 27.7 Å². The van der Waals surface area contributed by atoms with Crippen LogP contribution >= 0.6 is 0 Å². The first-order valence-electron chi connectivity index (χ1n) is 9.59. The quantitative estimate of drug-likeness (QED) is 0.712. The van der Waals surface area contributed by atoms with Gasteiger partial charge in [-0.25, -0.2) is 4.79 Å². The summed E-state index contributed by atoms with van der Waals surface area (Å²) in [5.74, 6) is 0.143. The van der Waals surface area contributed by atoms with Gasteiger partial charge in [0.1, 0.15) is 5.75 Å². The highest BCUT2D eigenvalue weighted by Crippen LogP contribution is 2.35. The zero-order valence-electron chi connectivity index (χ0n) is 16.3. The molecule has 0 radical (unpaired) electrons. The lowest BCUT2D eigenvalue weighted by atomic mass is 10.1. The van der Waals surface area contributed by atoms with Gasteiger partial charge in [0.25, 0.3) is 0 Å². The van der Waals surface area contributed by atoms with Crippen molar-refractivity contribution < 1.29 is 14.6 Å². The number of benzene rings is 1. The van der Waals surface area contributed by atoms with Crippen molar-refractivity contribution in [2.45, 2.75) is 45.4 Å². The van der Waals surface area contributed by atoms with Crippen molar-refractivity contribution >= 4 is 17.0 Å². The summed E-state index contributed by atoms with van der Waals surface area (Å²) in [6.07, 6.45) is 3.81. The van der Waals surface area contributed by atoms with Gasteiger partial charge in [0, 0.05) is 40.8 Å². The van der Waals surface area contributed by atoms with Crippen LogP contribution in [0.4, 0.5) is 4.79 Å². The Hall–Kier alpha value is -3.53. The number of nitriles is 1. The van der Waals surface area contributed by atoms with Crippen LogP contribution in [0.1, 0.15) is 36.2 Å². The fourth-order valence-electron chi connectivity index (χ4n) is 3.98. The number of pyridine rings is 1. The third-order valence-electron chi connectivity index (χ3n) is 5.19. The van der Waals surface area contributed by atoms with Gasteiger partial charge in [-0.2, -0.15) is 5.26 Å². The number of aromatic nitrogens is 2. The van der Waals surface area contributed by atoms with Crippen LogP contribution in [0.15, 0.2) is 36.7 Å². The van der Waals surface area contributed by atoms with E-state index in [1.165, 1.54) is 6.20 Å². The minimum absolute atomic E-state index is 0.0707. The zero-order chi connectivity index (χ0) is 20.5. The van der Waals surface area contributed by atoms with Gasteiger partial charge in [-0.15, -0.1) is 0 Å². The van der Waals surface area contributed by atoms with Gasteiger partial charge in [0.2, 0.25) is 0 Å². The Morgan fingerprint density at radius 1 is 1.41 bits per heavy atom. The summed E-state index contributed by atoms with van der Waals surface area (Å²) in [5, 5.41) is 23.4. The first-order valence-corrected chi connectivity index (χ1v) is 9.59. The minimum atomic E-state index is -0.421. The third kappa shape index (κ3) is 3.61. The number of fused-ring (bicyclic) bond motifs is 3. The van der Waals surface area contributed by atoms with Crippen LogP contribution < -0.4 is 5.32 Å². The number of rotatable bonds is 4. The van der Waals surface area contributed by atoms with E-state index in [4.69, 9.17) is 4.74 Å². The fraction of sp³-hybridized carbons (Fsp3) is 0.318. The molecule has 1 aromatic carbocycles. The molecular formula is C22H22N4O3. The molecule has 29 heavy (non-hydrogen) atoms. The molecule has 0 aliphatic heterocycles. The number of alkyl carbamates (subject to hydrolysis) is 1. The van der Waals surface area contributed by atoms with Crippen molar-refractivity contribution in [1.29, 1.82) is 5.26 Å². The number of hydrogen-bond donors (Lipinski definition) is 2. The summed E-state index contributed by atoms with van der Waals surface area (Å²) in [7, 11) is 0. The lowest BCUT2D eigenvalue weighted by Crippen LogP contribution is -2.37. The maximum Gasteiger partial charge on any atom is 0.407 e. The maximum absolute atomic E-state index is 12.0. The van der Waals surface area contributed by atoms with E-state index >= 15 is 0 Å². The highest BCUT2D eigenvalue weighted by Gasteiger charge is 2.30. The molecule has 1 atom stereocenters. The lowest BCUT2D eigenvalue weighted by Gasteiger charge is -2.16. The van der Waals surface area contributed by atoms with Crippen LogP contribution in [-0.4, -0.2) is 32.9 Å². The van der Waals surface area contributed by atoms with E-state index in [-0.39, 0.29) is 17.9 Å². The number of hydrogen-bond acceptors (Lipinski definition) is 5. The van der Waals surface area contributed by atoms with Crippen LogP contribution in [-0.2, 0) is 24.1 Å². The first kappa shape index (κ1) is 18.8. The molecule has 0 saturated carbocycles. The predicted molar refractivity (Wildman–Crippen MR) is 108 cm³/mol. The second kappa shape index (κ2) is 7.47. The molecule has 1 aliphatic rings. The minimum Gasteiger partial charge on any atom is -0.506 e. The largest absolute Gasteiger partial charge is 0.506 e. The van der Waals surface area contributed by atoms with Crippen molar-refractivity contribution in [3.8, 4) is 11.8 Å². The zero-order valence-corrected chi connectivity index (χ0v) is 16.3. The summed E-state index contributed by atoms with van der Waals surface area (Å²) in [6.45, 7) is 4.11. The topological polar surface area (TPSA) is 100 Å². The highest BCUT2D eigenvalue weighted by atomic mass is 16.6. The molecule has 0 fully saturated rings. The Labute approximate surface area is 168 Å². The summed E-state index contributed by atoms with van der Waals surface area (Å²) < 4.78 is 7.36. The highest BCUT2D eigenvalue weighted by molar-refractivity contribution is 5.88. The van der Waals surface area contributed by atoms with Gasteiger partial charge in [-0.1, -0.05) is 0 Å². The van der Waals surface area contributed by atoms with Gasteiger partial charge < -0.3 is 19.7 Å². The fourth-order valence-corrected chi connectivity index (χ4v) is 3.98. The molecule has 0 spiro atoms. The molecule has 1 amide bonds. The van der Waals surface area contributed by atoms with Gasteiger partial charge >= 0.3 is 6.09 Å². The molecule has 4 rings (SSSR count). The van der Waals surface area contributed by atoms with E-state index in [9.17, 15) is 15.2 Å². The number of ether oxygens (including phenoxy) is 1. The van der Waals surface area contributed by atoms with Crippen molar-refractivity contribution in [1.82, 2.24) is 14.9 Å². The number of aromatic hydroxyl groups is 1. The Morgan fingerprint density at radius 3 is 2.97 bits per heavy atom. The summed E-state index contributed by atoms with van der Waals surface area (Å²) in [5.41, 5.74) is 4.59. The van der Waals surface area contributed by atoms with Gasteiger partial charge in [-0.3, -0.25) is 4.98 Å². The Morgan fingerprint density at radius 2 is 2.24 bits per heavy atom. The molecule has 1 aliphatic carbocycles.